The van der Waals surface area contributed by atoms with E-state index in [1.54, 1.807) is 0 Å². The van der Waals surface area contributed by atoms with Crippen LogP contribution >= 0.6 is 12.2 Å². The molecule has 1 atom stereocenters. The molecule has 0 aromatic heterocycles. The third-order valence-electron chi connectivity index (χ3n) is 3.77. The monoisotopic (exact) mass is 243 g/mol. The molecule has 0 saturated carbocycles. The van der Waals surface area contributed by atoms with Crippen LogP contribution in [-0.2, 0) is 0 Å². The summed E-state index contributed by atoms with van der Waals surface area (Å²) in [5, 5.41) is 4.33. The summed E-state index contributed by atoms with van der Waals surface area (Å²) in [7, 11) is 0. The molecular formula is C12H25N3S. The second-order valence-electron chi connectivity index (χ2n) is 4.19. The first-order valence-corrected chi connectivity index (χ1v) is 6.55. The number of hydrogen-bond donors (Lipinski definition) is 2. The lowest BCUT2D eigenvalue weighted by molar-refractivity contribution is 0.182. The lowest BCUT2D eigenvalue weighted by atomic mass is 9.69. The number of nitrogens with zero attached hydrogens (tertiary/aromatic N) is 1. The van der Waals surface area contributed by atoms with Crippen LogP contribution in [0.3, 0.4) is 0 Å². The van der Waals surface area contributed by atoms with Crippen LogP contribution in [0.1, 0.15) is 53.4 Å². The Morgan fingerprint density at radius 3 is 2.12 bits per heavy atom. The van der Waals surface area contributed by atoms with Crippen molar-refractivity contribution in [2.24, 2.45) is 22.2 Å². The van der Waals surface area contributed by atoms with Crippen LogP contribution in [-0.4, -0.2) is 11.3 Å². The summed E-state index contributed by atoms with van der Waals surface area (Å²) < 4.78 is 0. The molecule has 0 rings (SSSR count). The van der Waals surface area contributed by atoms with Gasteiger partial charge in [0, 0.05) is 12.1 Å². The van der Waals surface area contributed by atoms with Crippen molar-refractivity contribution >= 4 is 23.5 Å². The minimum absolute atomic E-state index is 0.223. The van der Waals surface area contributed by atoms with Crippen LogP contribution in [0.4, 0.5) is 0 Å². The molecule has 0 amide bonds. The highest BCUT2D eigenvalue weighted by Gasteiger charge is 2.31. The molecule has 0 aliphatic rings. The first-order chi connectivity index (χ1) is 7.56. The molecule has 1 unspecified atom stereocenters. The van der Waals surface area contributed by atoms with Gasteiger partial charge in [-0.3, -0.25) is 5.43 Å². The van der Waals surface area contributed by atoms with Crippen LogP contribution in [0.15, 0.2) is 5.10 Å². The second-order valence-corrected chi connectivity index (χ2v) is 4.63. The summed E-state index contributed by atoms with van der Waals surface area (Å²) in [6.45, 7) is 8.96. The van der Waals surface area contributed by atoms with Crippen molar-refractivity contribution in [1.29, 1.82) is 0 Å². The van der Waals surface area contributed by atoms with Gasteiger partial charge >= 0.3 is 0 Å². The van der Waals surface area contributed by atoms with Gasteiger partial charge < -0.3 is 5.73 Å². The van der Waals surface area contributed by atoms with E-state index in [0.717, 1.165) is 6.42 Å². The number of hydrazone groups is 1. The first kappa shape index (κ1) is 15.4. The maximum atomic E-state index is 5.33. The molecule has 3 N–H and O–H groups in total. The molecule has 0 aromatic rings. The van der Waals surface area contributed by atoms with Crippen molar-refractivity contribution < 1.29 is 0 Å². The number of nitrogens with one attached hydrogen (secondary N) is 1. The molecule has 16 heavy (non-hydrogen) atoms. The Bertz CT molecular complexity index is 226. The Kier molecular flexibility index (Phi) is 7.30. The quantitative estimate of drug-likeness (QED) is 0.410. The molecule has 0 aliphatic carbocycles. The Balaban J connectivity index is 4.67. The molecule has 0 spiro atoms. The highest BCUT2D eigenvalue weighted by atomic mass is 32.1. The molecule has 94 valence electrons. The van der Waals surface area contributed by atoms with Gasteiger partial charge in [0.25, 0.3) is 0 Å². The average molecular weight is 243 g/mol. The maximum Gasteiger partial charge on any atom is 0.184 e. The number of thiocarbonyl (C=S) groups is 1. The molecule has 0 aromatic carbocycles. The standard InChI is InChI=1S/C12H25N3S/c1-5-10(9-14-15-11(13)16)12(6-2,7-3)8-4/h9-10H,5-8H2,1-4H3,(H3,13,15,16)/b14-9-. The number of hydrogen-bond acceptors (Lipinski definition) is 2. The largest absolute Gasteiger partial charge is 0.375 e. The Hall–Kier alpha value is -0.640. The summed E-state index contributed by atoms with van der Waals surface area (Å²) in [6.07, 6.45) is 6.60. The lowest BCUT2D eigenvalue weighted by Crippen LogP contribution is -2.31. The summed E-state index contributed by atoms with van der Waals surface area (Å²) in [5.41, 5.74) is 8.32. The Morgan fingerprint density at radius 2 is 1.81 bits per heavy atom. The summed E-state index contributed by atoms with van der Waals surface area (Å²) >= 11 is 4.72. The summed E-state index contributed by atoms with van der Waals surface area (Å²) in [5.74, 6) is 0.481. The SMILES string of the molecule is CCC(/C=N\NC(N)=S)C(CC)(CC)CC. The molecule has 3 nitrogen and oxygen atoms in total. The highest BCUT2D eigenvalue weighted by Crippen LogP contribution is 2.39. The molecular weight excluding hydrogens is 218 g/mol. The fourth-order valence-corrected chi connectivity index (χ4v) is 2.48. The maximum absolute atomic E-state index is 5.33. The van der Waals surface area contributed by atoms with Crippen molar-refractivity contribution in [3.8, 4) is 0 Å². The highest BCUT2D eigenvalue weighted by molar-refractivity contribution is 7.80. The van der Waals surface area contributed by atoms with Crippen LogP contribution < -0.4 is 11.2 Å². The molecule has 0 radical (unpaired) electrons. The zero-order valence-electron chi connectivity index (χ0n) is 10.9. The van der Waals surface area contributed by atoms with Crippen molar-refractivity contribution in [1.82, 2.24) is 5.43 Å². The zero-order valence-corrected chi connectivity index (χ0v) is 11.7. The summed E-state index contributed by atoms with van der Waals surface area (Å²) in [4.78, 5) is 0. The van der Waals surface area contributed by atoms with E-state index in [1.165, 1.54) is 19.3 Å². The molecule has 0 saturated heterocycles. The van der Waals surface area contributed by atoms with Crippen molar-refractivity contribution in [3.63, 3.8) is 0 Å². The van der Waals surface area contributed by atoms with Gasteiger partial charge in [-0.15, -0.1) is 0 Å². The normalized spacial score (nSPS) is 14.0. The van der Waals surface area contributed by atoms with E-state index in [2.05, 4.69) is 38.2 Å². The fraction of sp³-hybridized carbons (Fsp3) is 0.833. The molecule has 0 bridgehead atoms. The number of rotatable bonds is 7. The molecule has 4 heteroatoms. The van der Waals surface area contributed by atoms with Gasteiger partial charge in [0.15, 0.2) is 5.11 Å². The van der Waals surface area contributed by atoms with Crippen LogP contribution in [0.2, 0.25) is 0 Å². The molecule has 0 aliphatic heterocycles. The van der Waals surface area contributed by atoms with Crippen molar-refractivity contribution in [2.45, 2.75) is 53.4 Å². The van der Waals surface area contributed by atoms with E-state index in [4.69, 9.17) is 18.0 Å². The number of nitrogens with two attached hydrogens (primary N) is 1. The predicted molar refractivity (Wildman–Crippen MR) is 75.5 cm³/mol. The van der Waals surface area contributed by atoms with Gasteiger partial charge in [-0.2, -0.15) is 5.10 Å². The van der Waals surface area contributed by atoms with Gasteiger partial charge in [0.2, 0.25) is 0 Å². The van der Waals surface area contributed by atoms with Crippen molar-refractivity contribution in [3.05, 3.63) is 0 Å². The Morgan fingerprint density at radius 1 is 1.31 bits per heavy atom. The fourth-order valence-electron chi connectivity index (χ4n) is 2.42. The van der Waals surface area contributed by atoms with E-state index < -0.39 is 0 Å². The first-order valence-electron chi connectivity index (χ1n) is 6.14. The summed E-state index contributed by atoms with van der Waals surface area (Å²) in [6, 6.07) is 0. The third kappa shape index (κ3) is 4.08. The average Bonchev–Trinajstić information content (AvgIpc) is 2.29. The zero-order chi connectivity index (χ0) is 12.6. The minimum Gasteiger partial charge on any atom is -0.375 e. The van der Waals surface area contributed by atoms with E-state index in [1.807, 2.05) is 6.21 Å². The van der Waals surface area contributed by atoms with Crippen molar-refractivity contribution in [2.75, 3.05) is 0 Å². The predicted octanol–water partition coefficient (Wildman–Crippen LogP) is 3.05. The van der Waals surface area contributed by atoms with Gasteiger partial charge in [0.1, 0.15) is 0 Å². The van der Waals surface area contributed by atoms with Gasteiger partial charge in [-0.05, 0) is 43.3 Å². The lowest BCUT2D eigenvalue weighted by Gasteiger charge is -2.36. The van der Waals surface area contributed by atoms with E-state index in [-0.39, 0.29) is 5.11 Å². The second kappa shape index (κ2) is 7.60. The van der Waals surface area contributed by atoms with E-state index >= 15 is 0 Å². The smallest absolute Gasteiger partial charge is 0.184 e. The third-order valence-corrected chi connectivity index (χ3v) is 3.86. The Labute approximate surface area is 105 Å². The molecule has 0 fully saturated rings. The van der Waals surface area contributed by atoms with Crippen LogP contribution in [0.25, 0.3) is 0 Å². The van der Waals surface area contributed by atoms with Crippen LogP contribution in [0, 0.1) is 11.3 Å². The van der Waals surface area contributed by atoms with Gasteiger partial charge in [0.05, 0.1) is 0 Å². The minimum atomic E-state index is 0.223. The van der Waals surface area contributed by atoms with Crippen LogP contribution in [0.5, 0.6) is 0 Å². The topological polar surface area (TPSA) is 50.4 Å². The van der Waals surface area contributed by atoms with E-state index in [9.17, 15) is 0 Å². The van der Waals surface area contributed by atoms with Gasteiger partial charge in [-0.1, -0.05) is 27.7 Å². The van der Waals surface area contributed by atoms with Gasteiger partial charge in [-0.25, -0.2) is 0 Å². The van der Waals surface area contributed by atoms with E-state index in [0.29, 0.717) is 11.3 Å². The molecule has 0 heterocycles.